The fourth-order valence-electron chi connectivity index (χ4n) is 5.22. The third kappa shape index (κ3) is 6.41. The molecule has 1 atom stereocenters. The predicted molar refractivity (Wildman–Crippen MR) is 174 cm³/mol. The molecule has 0 radical (unpaired) electrons. The predicted octanol–water partition coefficient (Wildman–Crippen LogP) is 6.91. The molecule has 14 heteroatoms. The molecule has 0 spiro atoms. The van der Waals surface area contributed by atoms with E-state index in [1.165, 1.54) is 18.7 Å². The van der Waals surface area contributed by atoms with Gasteiger partial charge in [-0.05, 0) is 61.5 Å². The van der Waals surface area contributed by atoms with E-state index in [1.807, 2.05) is 32.1 Å². The molecule has 3 aromatic rings. The summed E-state index contributed by atoms with van der Waals surface area (Å²) in [5, 5.41) is 23.0. The van der Waals surface area contributed by atoms with E-state index in [9.17, 15) is 18.4 Å². The summed E-state index contributed by atoms with van der Waals surface area (Å²) in [6.45, 7) is 14.9. The highest BCUT2D eigenvalue weighted by Crippen LogP contribution is 2.53. The highest BCUT2D eigenvalue weighted by atomic mass is 35.5. The molecule has 0 bridgehead atoms. The third-order valence-electron chi connectivity index (χ3n) is 7.97. The number of hydrogen-bond donors (Lipinski definition) is 4. The van der Waals surface area contributed by atoms with Crippen molar-refractivity contribution in [3.05, 3.63) is 83.3 Å². The number of pyridine rings is 1. The number of hydrogen-bond acceptors (Lipinski definition) is 9. The SMILES string of the molecule is C=C(/C(C)=C(\C=C/C)n1cncn1)[C@H](Nc1cc(Cl)c2ncc(C#N)c(NCC(C)(C)C)c2c1)C1=CN(C2(C(F)(F)F)CC2)NN1. The molecule has 1 saturated carbocycles. The summed E-state index contributed by atoms with van der Waals surface area (Å²) in [6.07, 6.45) is 5.11. The van der Waals surface area contributed by atoms with Crippen LogP contribution < -0.4 is 21.6 Å². The molecular formula is C32H36ClF3N10. The van der Waals surface area contributed by atoms with Gasteiger partial charge in [0.15, 0.2) is 5.54 Å². The van der Waals surface area contributed by atoms with Crippen LogP contribution in [0.2, 0.25) is 5.02 Å². The molecule has 2 aromatic heterocycles. The number of rotatable bonds is 10. The van der Waals surface area contributed by atoms with E-state index in [4.69, 9.17) is 11.6 Å². The molecule has 0 unspecified atom stereocenters. The normalized spacial score (nSPS) is 17.3. The number of alkyl halides is 3. The molecular weight excluding hydrogens is 617 g/mol. The van der Waals surface area contributed by atoms with Crippen LogP contribution in [-0.4, -0.2) is 49.1 Å². The Bertz CT molecular complexity index is 1770. The lowest BCUT2D eigenvalue weighted by Crippen LogP contribution is -2.52. The van der Waals surface area contributed by atoms with E-state index in [0.717, 1.165) is 5.01 Å². The Labute approximate surface area is 270 Å². The minimum absolute atomic E-state index is 0.0243. The molecule has 46 heavy (non-hydrogen) atoms. The number of aromatic nitrogens is 4. The zero-order chi connectivity index (χ0) is 33.4. The fraction of sp³-hybridized carbons (Fsp3) is 0.375. The van der Waals surface area contributed by atoms with Gasteiger partial charge in [0.05, 0.1) is 39.2 Å². The molecule has 1 fully saturated rings. The molecule has 5 rings (SSSR count). The minimum atomic E-state index is -4.43. The Balaban J connectivity index is 1.61. The molecule has 242 valence electrons. The molecule has 0 saturated heterocycles. The van der Waals surface area contributed by atoms with Gasteiger partial charge in [0, 0.05) is 30.0 Å². The summed E-state index contributed by atoms with van der Waals surface area (Å²) in [7, 11) is 0. The lowest BCUT2D eigenvalue weighted by atomic mass is 9.96. The highest BCUT2D eigenvalue weighted by molar-refractivity contribution is 6.35. The number of allylic oxidation sites excluding steroid dienone is 3. The molecule has 10 nitrogen and oxygen atoms in total. The van der Waals surface area contributed by atoms with Crippen molar-refractivity contribution in [3.63, 3.8) is 0 Å². The Kier molecular flexibility index (Phi) is 8.81. The average Bonchev–Trinajstić information content (AvgIpc) is 3.39. The van der Waals surface area contributed by atoms with Gasteiger partial charge in [0.1, 0.15) is 18.7 Å². The van der Waals surface area contributed by atoms with Crippen LogP contribution in [0.15, 0.2) is 72.8 Å². The van der Waals surface area contributed by atoms with Crippen LogP contribution in [0.25, 0.3) is 16.6 Å². The van der Waals surface area contributed by atoms with E-state index in [0.29, 0.717) is 61.9 Å². The zero-order valence-corrected chi connectivity index (χ0v) is 27.0. The van der Waals surface area contributed by atoms with E-state index < -0.39 is 17.8 Å². The molecule has 2 aliphatic rings. The first kappa shape index (κ1) is 32.8. The second-order valence-electron chi connectivity index (χ2n) is 12.6. The smallest absolute Gasteiger partial charge is 0.383 e. The van der Waals surface area contributed by atoms with Gasteiger partial charge in [-0.25, -0.2) is 9.67 Å². The van der Waals surface area contributed by atoms with Crippen molar-refractivity contribution >= 4 is 39.6 Å². The topological polar surface area (TPSA) is 119 Å². The lowest BCUT2D eigenvalue weighted by Gasteiger charge is -2.28. The van der Waals surface area contributed by atoms with Gasteiger partial charge in [0.25, 0.3) is 0 Å². The maximum atomic E-state index is 14.0. The van der Waals surface area contributed by atoms with Gasteiger partial charge in [-0.2, -0.15) is 23.5 Å². The van der Waals surface area contributed by atoms with Crippen LogP contribution in [0.5, 0.6) is 0 Å². The standard InChI is InChI=1S/C32H36ClF3N10/c1-7-8-26(45-18-38-17-41-45)19(2)20(3)27(25-15-46(44-43-25)31(9-10-31)32(34,35)36)42-22-11-23-28(40-16-30(4,5)6)21(13-37)14-39-29(23)24(33)12-22/h7-8,11-12,14-15,17-18,27,42-44H,3,9-10,16H2,1-2,4-6H3,(H,39,40)/b8-7-,26-19+/t27-/m0/s1. The lowest BCUT2D eigenvalue weighted by molar-refractivity contribution is -0.195. The van der Waals surface area contributed by atoms with Gasteiger partial charge >= 0.3 is 6.18 Å². The van der Waals surface area contributed by atoms with E-state index in [-0.39, 0.29) is 18.3 Å². The number of nitriles is 1. The first-order chi connectivity index (χ1) is 21.7. The molecule has 1 aliphatic carbocycles. The van der Waals surface area contributed by atoms with Crippen LogP contribution >= 0.6 is 11.6 Å². The Morgan fingerprint density at radius 1 is 1.28 bits per heavy atom. The van der Waals surface area contributed by atoms with Gasteiger partial charge in [-0.3, -0.25) is 9.99 Å². The van der Waals surface area contributed by atoms with Gasteiger partial charge in [-0.1, -0.05) is 45.0 Å². The van der Waals surface area contributed by atoms with Crippen LogP contribution in [0, 0.1) is 16.7 Å². The summed E-state index contributed by atoms with van der Waals surface area (Å²) >= 11 is 6.76. The van der Waals surface area contributed by atoms with Gasteiger partial charge < -0.3 is 16.1 Å². The van der Waals surface area contributed by atoms with Crippen LogP contribution in [-0.2, 0) is 0 Å². The summed E-state index contributed by atoms with van der Waals surface area (Å²) in [5.41, 5.74) is 7.91. The molecule has 1 aromatic carbocycles. The van der Waals surface area contributed by atoms with Crippen molar-refractivity contribution in [1.29, 1.82) is 5.26 Å². The zero-order valence-electron chi connectivity index (χ0n) is 26.2. The monoisotopic (exact) mass is 652 g/mol. The summed E-state index contributed by atoms with van der Waals surface area (Å²) in [4.78, 5) is 8.50. The summed E-state index contributed by atoms with van der Waals surface area (Å²) in [5.74, 6) is 0. The first-order valence-electron chi connectivity index (χ1n) is 14.7. The summed E-state index contributed by atoms with van der Waals surface area (Å²) < 4.78 is 43.7. The van der Waals surface area contributed by atoms with Gasteiger partial charge in [-0.15, -0.1) is 5.53 Å². The third-order valence-corrected chi connectivity index (χ3v) is 8.26. The maximum absolute atomic E-state index is 14.0. The van der Waals surface area contributed by atoms with E-state index in [2.05, 4.69) is 70.1 Å². The quantitative estimate of drug-likeness (QED) is 0.173. The maximum Gasteiger partial charge on any atom is 0.413 e. The number of fused-ring (bicyclic) bond motifs is 1. The number of nitrogens with zero attached hydrogens (tertiary/aromatic N) is 6. The number of nitrogens with one attached hydrogen (secondary N) is 4. The minimum Gasteiger partial charge on any atom is -0.383 e. The number of halogens is 4. The largest absolute Gasteiger partial charge is 0.413 e. The van der Waals surface area contributed by atoms with E-state index in [1.54, 1.807) is 17.1 Å². The average molecular weight is 653 g/mol. The van der Waals surface area contributed by atoms with Crippen molar-refractivity contribution in [2.75, 3.05) is 17.2 Å². The molecule has 3 heterocycles. The molecule has 4 N–H and O–H groups in total. The van der Waals surface area contributed by atoms with Crippen LogP contribution in [0.4, 0.5) is 24.5 Å². The number of benzene rings is 1. The van der Waals surface area contributed by atoms with Crippen molar-refractivity contribution in [1.82, 2.24) is 35.7 Å². The molecule has 0 amide bonds. The van der Waals surface area contributed by atoms with Crippen molar-refractivity contribution < 1.29 is 13.2 Å². The Hall–Kier alpha value is -4.54. The van der Waals surface area contributed by atoms with Crippen LogP contribution in [0.3, 0.4) is 0 Å². The second-order valence-corrected chi connectivity index (χ2v) is 13.0. The first-order valence-corrected chi connectivity index (χ1v) is 15.1. The number of anilines is 2. The molecule has 1 aliphatic heterocycles. The Morgan fingerprint density at radius 3 is 2.61 bits per heavy atom. The Morgan fingerprint density at radius 2 is 2.02 bits per heavy atom. The van der Waals surface area contributed by atoms with E-state index >= 15 is 0 Å². The number of hydrazine groups is 2. The van der Waals surface area contributed by atoms with Crippen molar-refractivity contribution in [2.45, 2.75) is 65.2 Å². The van der Waals surface area contributed by atoms with Crippen molar-refractivity contribution in [3.8, 4) is 6.07 Å². The van der Waals surface area contributed by atoms with Gasteiger partial charge in [0.2, 0.25) is 0 Å². The van der Waals surface area contributed by atoms with Crippen LogP contribution in [0.1, 0.15) is 53.0 Å². The second kappa shape index (κ2) is 12.3. The van der Waals surface area contributed by atoms with Crippen molar-refractivity contribution in [2.24, 2.45) is 5.41 Å². The summed E-state index contributed by atoms with van der Waals surface area (Å²) in [6, 6.07) is 4.97. The highest BCUT2D eigenvalue weighted by Gasteiger charge is 2.67. The fourth-order valence-corrected chi connectivity index (χ4v) is 5.49.